The lowest BCUT2D eigenvalue weighted by atomic mass is 9.85. The number of hydrogen-bond acceptors (Lipinski definition) is 3. The smallest absolute Gasteiger partial charge is 0.168 e. The number of anilines is 1. The van der Waals surface area contributed by atoms with Crippen LogP contribution in [0.4, 0.5) is 5.82 Å². The summed E-state index contributed by atoms with van der Waals surface area (Å²) in [6.07, 6.45) is 8.92. The van der Waals surface area contributed by atoms with Gasteiger partial charge in [0.2, 0.25) is 0 Å². The van der Waals surface area contributed by atoms with Gasteiger partial charge in [0.15, 0.2) is 11.6 Å². The summed E-state index contributed by atoms with van der Waals surface area (Å²) in [4.78, 5) is 4.26. The number of fused-ring (bicyclic) bond motifs is 1. The molecule has 1 aliphatic heterocycles. The number of aromatic nitrogens is 1. The maximum absolute atomic E-state index is 6.05. The Hall–Kier alpha value is -1.25. The van der Waals surface area contributed by atoms with Crippen molar-refractivity contribution in [1.82, 2.24) is 4.98 Å². The topological polar surface area (TPSA) is 34.1 Å². The molecule has 1 fully saturated rings. The minimum atomic E-state index is 0.344. The molecule has 1 unspecified atom stereocenters. The molecule has 2 heterocycles. The van der Waals surface area contributed by atoms with Crippen molar-refractivity contribution in [2.24, 2.45) is 5.92 Å². The molecule has 1 saturated carbocycles. The lowest BCUT2D eigenvalue weighted by molar-refractivity contribution is 0.111. The summed E-state index contributed by atoms with van der Waals surface area (Å²) in [5, 5.41) is 3.37. The fourth-order valence-corrected chi connectivity index (χ4v) is 2.79. The Morgan fingerprint density at radius 3 is 3.00 bits per heavy atom. The first-order valence-corrected chi connectivity index (χ1v) is 6.29. The maximum Gasteiger partial charge on any atom is 0.168 e. The van der Waals surface area contributed by atoms with Gasteiger partial charge in [-0.2, -0.15) is 0 Å². The van der Waals surface area contributed by atoms with Gasteiger partial charge in [-0.15, -0.1) is 0 Å². The monoisotopic (exact) mass is 218 g/mol. The minimum Gasteiger partial charge on any atom is -0.484 e. The minimum absolute atomic E-state index is 0.344. The Kier molecular flexibility index (Phi) is 2.68. The van der Waals surface area contributed by atoms with Crippen molar-refractivity contribution in [3.8, 4) is 5.75 Å². The number of hydrogen-bond donors (Lipinski definition) is 1. The van der Waals surface area contributed by atoms with Crippen LogP contribution in [0.5, 0.6) is 5.75 Å². The summed E-state index contributed by atoms with van der Waals surface area (Å²) in [6.45, 7) is 0.911. The number of nitrogens with one attached hydrogen (secondary N) is 1. The second-order valence-corrected chi connectivity index (χ2v) is 4.79. The van der Waals surface area contributed by atoms with Crippen LogP contribution in [-0.2, 0) is 0 Å². The van der Waals surface area contributed by atoms with Crippen molar-refractivity contribution in [3.63, 3.8) is 0 Å². The standard InChI is InChI=1S/C13H18N2O/c1-2-5-10(6-3-1)12-9-15-13-11(16-12)7-4-8-14-13/h4,7-8,10,12H,1-3,5-6,9H2,(H,14,15). The SMILES string of the molecule is c1cnc2c(c1)OC(C1CCCCC1)CN2. The van der Waals surface area contributed by atoms with E-state index in [0.717, 1.165) is 24.0 Å². The Bertz CT molecular complexity index is 361. The van der Waals surface area contributed by atoms with Crippen molar-refractivity contribution in [2.75, 3.05) is 11.9 Å². The molecule has 1 atom stereocenters. The zero-order valence-electron chi connectivity index (χ0n) is 9.48. The van der Waals surface area contributed by atoms with Gasteiger partial charge in [-0.25, -0.2) is 4.98 Å². The summed E-state index contributed by atoms with van der Waals surface area (Å²) >= 11 is 0. The fraction of sp³-hybridized carbons (Fsp3) is 0.615. The van der Waals surface area contributed by atoms with Crippen molar-refractivity contribution in [1.29, 1.82) is 0 Å². The normalized spacial score (nSPS) is 25.4. The maximum atomic E-state index is 6.05. The van der Waals surface area contributed by atoms with Gasteiger partial charge in [0, 0.05) is 6.20 Å². The molecule has 16 heavy (non-hydrogen) atoms. The predicted octanol–water partition coefficient (Wildman–Crippen LogP) is 2.83. The van der Waals surface area contributed by atoms with Crippen molar-refractivity contribution in [2.45, 2.75) is 38.2 Å². The van der Waals surface area contributed by atoms with E-state index >= 15 is 0 Å². The van der Waals surface area contributed by atoms with Crippen LogP contribution < -0.4 is 10.1 Å². The summed E-state index contributed by atoms with van der Waals surface area (Å²) in [5.41, 5.74) is 0. The van der Waals surface area contributed by atoms with Crippen LogP contribution in [0.2, 0.25) is 0 Å². The number of nitrogens with zero attached hydrogens (tertiary/aromatic N) is 1. The van der Waals surface area contributed by atoms with Crippen LogP contribution in [-0.4, -0.2) is 17.6 Å². The van der Waals surface area contributed by atoms with Gasteiger partial charge in [-0.1, -0.05) is 19.3 Å². The third kappa shape index (κ3) is 1.86. The molecule has 2 aliphatic rings. The number of pyridine rings is 1. The van der Waals surface area contributed by atoms with Crippen LogP contribution in [0.3, 0.4) is 0 Å². The first kappa shape index (κ1) is 9.94. The van der Waals surface area contributed by atoms with E-state index < -0.39 is 0 Å². The van der Waals surface area contributed by atoms with E-state index in [-0.39, 0.29) is 0 Å². The molecule has 0 spiro atoms. The molecular weight excluding hydrogens is 200 g/mol. The van der Waals surface area contributed by atoms with E-state index in [1.54, 1.807) is 6.20 Å². The Morgan fingerprint density at radius 1 is 1.25 bits per heavy atom. The lowest BCUT2D eigenvalue weighted by Gasteiger charge is -2.34. The first-order valence-electron chi connectivity index (χ1n) is 6.29. The van der Waals surface area contributed by atoms with E-state index in [4.69, 9.17) is 4.74 Å². The second-order valence-electron chi connectivity index (χ2n) is 4.79. The van der Waals surface area contributed by atoms with E-state index in [2.05, 4.69) is 10.3 Å². The molecule has 1 aliphatic carbocycles. The van der Waals surface area contributed by atoms with Gasteiger partial charge in [-0.3, -0.25) is 0 Å². The molecule has 3 nitrogen and oxygen atoms in total. The second kappa shape index (κ2) is 4.32. The highest BCUT2D eigenvalue weighted by Crippen LogP contribution is 2.33. The highest BCUT2D eigenvalue weighted by molar-refractivity contribution is 5.51. The van der Waals surface area contributed by atoms with Crippen molar-refractivity contribution >= 4 is 5.82 Å². The van der Waals surface area contributed by atoms with Crippen LogP contribution >= 0.6 is 0 Å². The first-order chi connectivity index (χ1) is 7.93. The molecule has 1 N–H and O–H groups in total. The van der Waals surface area contributed by atoms with Gasteiger partial charge in [0.05, 0.1) is 6.54 Å². The van der Waals surface area contributed by atoms with Gasteiger partial charge < -0.3 is 10.1 Å². The van der Waals surface area contributed by atoms with Crippen molar-refractivity contribution < 1.29 is 4.74 Å². The van der Waals surface area contributed by atoms with Gasteiger partial charge in [0.25, 0.3) is 0 Å². The van der Waals surface area contributed by atoms with Gasteiger partial charge in [-0.05, 0) is 30.9 Å². The van der Waals surface area contributed by atoms with Crippen molar-refractivity contribution in [3.05, 3.63) is 18.3 Å². The zero-order chi connectivity index (χ0) is 10.8. The molecule has 0 aromatic carbocycles. The molecule has 3 rings (SSSR count). The van der Waals surface area contributed by atoms with Crippen LogP contribution in [0.25, 0.3) is 0 Å². The number of ether oxygens (including phenoxy) is 1. The Labute approximate surface area is 96.2 Å². The largest absolute Gasteiger partial charge is 0.484 e. The summed E-state index contributed by atoms with van der Waals surface area (Å²) < 4.78 is 6.05. The van der Waals surface area contributed by atoms with Crippen LogP contribution in [0.1, 0.15) is 32.1 Å². The highest BCUT2D eigenvalue weighted by Gasteiger charge is 2.28. The molecule has 0 saturated heterocycles. The predicted molar refractivity (Wildman–Crippen MR) is 63.7 cm³/mol. The fourth-order valence-electron chi connectivity index (χ4n) is 2.79. The molecule has 86 valence electrons. The quantitative estimate of drug-likeness (QED) is 0.787. The van der Waals surface area contributed by atoms with E-state index in [0.29, 0.717) is 6.10 Å². The average molecular weight is 218 g/mol. The Balaban J connectivity index is 1.72. The highest BCUT2D eigenvalue weighted by atomic mass is 16.5. The van der Waals surface area contributed by atoms with Gasteiger partial charge in [0.1, 0.15) is 6.10 Å². The summed E-state index contributed by atoms with van der Waals surface area (Å²) in [5.74, 6) is 2.55. The molecule has 0 radical (unpaired) electrons. The average Bonchev–Trinajstić information content (AvgIpc) is 2.39. The molecule has 0 bridgehead atoms. The van der Waals surface area contributed by atoms with E-state index in [9.17, 15) is 0 Å². The molecule has 1 aromatic heterocycles. The lowest BCUT2D eigenvalue weighted by Crippen LogP contribution is -2.38. The Morgan fingerprint density at radius 2 is 2.12 bits per heavy atom. The third-order valence-electron chi connectivity index (χ3n) is 3.70. The third-order valence-corrected chi connectivity index (χ3v) is 3.70. The zero-order valence-corrected chi connectivity index (χ0v) is 9.48. The molecule has 3 heteroatoms. The molecule has 0 amide bonds. The van der Waals surface area contributed by atoms with E-state index in [1.165, 1.54) is 32.1 Å². The molecule has 1 aromatic rings. The summed E-state index contributed by atoms with van der Waals surface area (Å²) in [6, 6.07) is 3.94. The van der Waals surface area contributed by atoms with E-state index in [1.807, 2.05) is 12.1 Å². The van der Waals surface area contributed by atoms with Crippen LogP contribution in [0, 0.1) is 5.92 Å². The van der Waals surface area contributed by atoms with Gasteiger partial charge >= 0.3 is 0 Å². The molecular formula is C13H18N2O. The van der Waals surface area contributed by atoms with Crippen LogP contribution in [0.15, 0.2) is 18.3 Å². The summed E-state index contributed by atoms with van der Waals surface area (Å²) in [7, 11) is 0. The number of rotatable bonds is 1.